The number of carboxylic acids is 1. The van der Waals surface area contributed by atoms with Gasteiger partial charge in [-0.1, -0.05) is 28.9 Å². The van der Waals surface area contributed by atoms with E-state index in [0.717, 1.165) is 28.1 Å². The van der Waals surface area contributed by atoms with Gasteiger partial charge < -0.3 is 18.9 Å². The van der Waals surface area contributed by atoms with E-state index in [1.165, 1.54) is 0 Å². The fourth-order valence-electron chi connectivity index (χ4n) is 3.41. The van der Waals surface area contributed by atoms with Crippen molar-refractivity contribution in [3.8, 4) is 28.6 Å². The van der Waals surface area contributed by atoms with E-state index in [9.17, 15) is 4.79 Å². The van der Waals surface area contributed by atoms with Gasteiger partial charge in [-0.15, -0.1) is 0 Å². The molecule has 0 unspecified atom stereocenters. The van der Waals surface area contributed by atoms with E-state index in [-0.39, 0.29) is 6.10 Å². The molecule has 2 aromatic heterocycles. The maximum atomic E-state index is 10.9. The van der Waals surface area contributed by atoms with E-state index in [4.69, 9.17) is 26.0 Å². The Morgan fingerprint density at radius 2 is 2.10 bits per heavy atom. The van der Waals surface area contributed by atoms with Crippen LogP contribution in [0.4, 0.5) is 0 Å². The lowest BCUT2D eigenvalue weighted by atomic mass is 10.1. The summed E-state index contributed by atoms with van der Waals surface area (Å²) in [6, 6.07) is 11.0. The number of carboxylic acid groups (broad SMARTS) is 1. The third kappa shape index (κ3) is 4.18. The molecule has 8 heteroatoms. The fourth-order valence-corrected chi connectivity index (χ4v) is 3.63. The molecule has 0 aliphatic rings. The molecule has 0 saturated carbocycles. The zero-order valence-electron chi connectivity index (χ0n) is 17.2. The SMILES string of the molecule is CC(C)Oc1ccc(-c2nc(-c3cccc4c(/C=C/C(=O)O)cn(C)c34)no2)cc1Cl. The highest BCUT2D eigenvalue weighted by Crippen LogP contribution is 2.34. The first-order chi connectivity index (χ1) is 14.8. The molecule has 2 heterocycles. The van der Waals surface area contributed by atoms with Crippen LogP contribution in [0.5, 0.6) is 5.75 Å². The Kier molecular flexibility index (Phi) is 5.52. The maximum Gasteiger partial charge on any atom is 0.328 e. The van der Waals surface area contributed by atoms with Crippen LogP contribution in [-0.4, -0.2) is 31.9 Å². The standard InChI is InChI=1S/C23H20ClN3O4/c1-13(2)30-19-9-7-14(11-18(19)24)23-25-22(26-31-23)17-6-4-5-16-15(8-10-20(28)29)12-27(3)21(16)17/h4-13H,1-3H3,(H,28,29)/b10-8+. The first-order valence-electron chi connectivity index (χ1n) is 9.63. The van der Waals surface area contributed by atoms with Gasteiger partial charge in [0.2, 0.25) is 5.82 Å². The molecule has 0 atom stereocenters. The number of aromatic nitrogens is 3. The molecule has 0 fully saturated rings. The van der Waals surface area contributed by atoms with Gasteiger partial charge in [-0.3, -0.25) is 0 Å². The van der Waals surface area contributed by atoms with Crippen molar-refractivity contribution in [3.63, 3.8) is 0 Å². The van der Waals surface area contributed by atoms with E-state index >= 15 is 0 Å². The Balaban J connectivity index is 1.73. The van der Waals surface area contributed by atoms with Crippen LogP contribution in [0.2, 0.25) is 5.02 Å². The van der Waals surface area contributed by atoms with Crippen molar-refractivity contribution in [1.29, 1.82) is 0 Å². The molecule has 2 aromatic carbocycles. The molecule has 0 amide bonds. The second-order valence-corrected chi connectivity index (χ2v) is 7.71. The lowest BCUT2D eigenvalue weighted by Crippen LogP contribution is -2.05. The van der Waals surface area contributed by atoms with Crippen molar-refractivity contribution in [2.24, 2.45) is 7.05 Å². The van der Waals surface area contributed by atoms with Gasteiger partial charge in [-0.05, 0) is 44.2 Å². The number of hydrogen-bond donors (Lipinski definition) is 1. The Bertz CT molecular complexity index is 1300. The van der Waals surface area contributed by atoms with Gasteiger partial charge in [0.05, 0.1) is 16.6 Å². The predicted molar refractivity (Wildman–Crippen MR) is 119 cm³/mol. The minimum absolute atomic E-state index is 0.0133. The molecular formula is C23H20ClN3O4. The van der Waals surface area contributed by atoms with Gasteiger partial charge in [0.15, 0.2) is 0 Å². The lowest BCUT2D eigenvalue weighted by Gasteiger charge is -2.11. The van der Waals surface area contributed by atoms with Crippen LogP contribution in [0.3, 0.4) is 0 Å². The summed E-state index contributed by atoms with van der Waals surface area (Å²) in [5.41, 5.74) is 3.12. The summed E-state index contributed by atoms with van der Waals surface area (Å²) in [6.45, 7) is 3.86. The highest BCUT2D eigenvalue weighted by atomic mass is 35.5. The minimum atomic E-state index is -1.00. The molecule has 0 aliphatic heterocycles. The summed E-state index contributed by atoms with van der Waals surface area (Å²) in [7, 11) is 1.89. The molecule has 7 nitrogen and oxygen atoms in total. The van der Waals surface area contributed by atoms with Crippen molar-refractivity contribution in [2.75, 3.05) is 0 Å². The number of ether oxygens (including phenoxy) is 1. The van der Waals surface area contributed by atoms with E-state index in [0.29, 0.717) is 28.1 Å². The van der Waals surface area contributed by atoms with E-state index in [2.05, 4.69) is 10.1 Å². The average Bonchev–Trinajstić information content (AvgIpc) is 3.33. The Morgan fingerprint density at radius 1 is 1.29 bits per heavy atom. The minimum Gasteiger partial charge on any atom is -0.489 e. The van der Waals surface area contributed by atoms with Crippen LogP contribution in [0, 0.1) is 0 Å². The highest BCUT2D eigenvalue weighted by Gasteiger charge is 2.17. The zero-order chi connectivity index (χ0) is 22.1. The number of aliphatic carboxylic acids is 1. The van der Waals surface area contributed by atoms with E-state index in [1.54, 1.807) is 18.2 Å². The van der Waals surface area contributed by atoms with Crippen LogP contribution in [0.1, 0.15) is 19.4 Å². The average molecular weight is 438 g/mol. The van der Waals surface area contributed by atoms with Crippen LogP contribution in [0.15, 0.2) is 53.2 Å². The molecule has 0 bridgehead atoms. The first kappa shape index (κ1) is 20.7. The number of rotatable bonds is 6. The van der Waals surface area contributed by atoms with Crippen molar-refractivity contribution in [1.82, 2.24) is 14.7 Å². The quantitative estimate of drug-likeness (QED) is 0.404. The molecule has 31 heavy (non-hydrogen) atoms. The van der Waals surface area contributed by atoms with Gasteiger partial charge in [0.25, 0.3) is 5.89 Å². The topological polar surface area (TPSA) is 90.4 Å². The van der Waals surface area contributed by atoms with Crippen LogP contribution in [0.25, 0.3) is 39.8 Å². The second kappa shape index (κ2) is 8.28. The third-order valence-corrected chi connectivity index (χ3v) is 4.94. The van der Waals surface area contributed by atoms with Crippen LogP contribution < -0.4 is 4.74 Å². The number of para-hydroxylation sites is 1. The number of hydrogen-bond acceptors (Lipinski definition) is 5. The van der Waals surface area contributed by atoms with Crippen LogP contribution in [-0.2, 0) is 11.8 Å². The highest BCUT2D eigenvalue weighted by molar-refractivity contribution is 6.32. The van der Waals surface area contributed by atoms with Crippen LogP contribution >= 0.6 is 11.6 Å². The smallest absolute Gasteiger partial charge is 0.328 e. The molecule has 4 rings (SSSR count). The Morgan fingerprint density at radius 3 is 2.81 bits per heavy atom. The molecule has 0 aliphatic carbocycles. The Labute approximate surface area is 183 Å². The lowest BCUT2D eigenvalue weighted by molar-refractivity contribution is -0.131. The summed E-state index contributed by atoms with van der Waals surface area (Å²) >= 11 is 6.33. The molecule has 4 aromatic rings. The summed E-state index contributed by atoms with van der Waals surface area (Å²) in [5, 5.41) is 14.4. The molecule has 0 radical (unpaired) electrons. The normalized spacial score (nSPS) is 11.6. The van der Waals surface area contributed by atoms with E-state index in [1.807, 2.05) is 55.9 Å². The van der Waals surface area contributed by atoms with Gasteiger partial charge in [-0.25, -0.2) is 4.79 Å². The summed E-state index contributed by atoms with van der Waals surface area (Å²) in [5.74, 6) is 0.356. The molecule has 0 saturated heterocycles. The zero-order valence-corrected chi connectivity index (χ0v) is 17.9. The Hall–Kier alpha value is -3.58. The van der Waals surface area contributed by atoms with Crippen molar-refractivity contribution < 1.29 is 19.2 Å². The van der Waals surface area contributed by atoms with Gasteiger partial charge in [-0.2, -0.15) is 4.98 Å². The van der Waals surface area contributed by atoms with Gasteiger partial charge in [0, 0.05) is 41.4 Å². The van der Waals surface area contributed by atoms with Crippen molar-refractivity contribution in [3.05, 3.63) is 59.3 Å². The molecular weight excluding hydrogens is 418 g/mol. The van der Waals surface area contributed by atoms with Crippen molar-refractivity contribution >= 4 is 34.5 Å². The maximum absolute atomic E-state index is 10.9. The molecule has 0 spiro atoms. The largest absolute Gasteiger partial charge is 0.489 e. The monoisotopic (exact) mass is 437 g/mol. The number of nitrogens with zero attached hydrogens (tertiary/aromatic N) is 3. The summed E-state index contributed by atoms with van der Waals surface area (Å²) in [6.07, 6.45) is 4.56. The predicted octanol–water partition coefficient (Wildman–Crippen LogP) is 5.43. The molecule has 1 N–H and O–H groups in total. The van der Waals surface area contributed by atoms with Gasteiger partial charge in [0.1, 0.15) is 5.75 Å². The second-order valence-electron chi connectivity index (χ2n) is 7.30. The fraction of sp³-hybridized carbons (Fsp3) is 0.174. The first-order valence-corrected chi connectivity index (χ1v) is 10.0. The van der Waals surface area contributed by atoms with Crippen molar-refractivity contribution in [2.45, 2.75) is 20.0 Å². The summed E-state index contributed by atoms with van der Waals surface area (Å²) in [4.78, 5) is 15.5. The molecule has 158 valence electrons. The third-order valence-electron chi connectivity index (χ3n) is 4.65. The summed E-state index contributed by atoms with van der Waals surface area (Å²) < 4.78 is 13.1. The number of benzene rings is 2. The number of halogens is 1. The number of carbonyl (C=O) groups is 1. The number of aryl methyl sites for hydroxylation is 1. The van der Waals surface area contributed by atoms with E-state index < -0.39 is 5.97 Å². The van der Waals surface area contributed by atoms with Gasteiger partial charge >= 0.3 is 5.97 Å². The number of fused-ring (bicyclic) bond motifs is 1.